The highest BCUT2D eigenvalue weighted by Gasteiger charge is 2.30. The summed E-state index contributed by atoms with van der Waals surface area (Å²) in [6.07, 6.45) is 1.69. The number of likely N-dealkylation sites (tertiary alicyclic amines) is 1. The fourth-order valence-electron chi connectivity index (χ4n) is 3.04. The van der Waals surface area contributed by atoms with Crippen molar-refractivity contribution in [2.45, 2.75) is 39.2 Å². The SMILES string of the molecule is CC(C)(C)NC(=O)CN1CCC(C(=O)N2CCOCC2)CC1. The molecular weight excluding hydrogens is 282 g/mol. The third kappa shape index (κ3) is 5.25. The molecule has 22 heavy (non-hydrogen) atoms. The van der Waals surface area contributed by atoms with Crippen LogP contribution in [0.1, 0.15) is 33.6 Å². The smallest absolute Gasteiger partial charge is 0.234 e. The molecule has 0 unspecified atom stereocenters. The van der Waals surface area contributed by atoms with Crippen LogP contribution in [0.15, 0.2) is 0 Å². The molecule has 2 saturated heterocycles. The van der Waals surface area contributed by atoms with Gasteiger partial charge in [-0.2, -0.15) is 0 Å². The van der Waals surface area contributed by atoms with Crippen molar-refractivity contribution in [1.82, 2.24) is 15.1 Å². The van der Waals surface area contributed by atoms with Gasteiger partial charge in [-0.15, -0.1) is 0 Å². The topological polar surface area (TPSA) is 61.9 Å². The summed E-state index contributed by atoms with van der Waals surface area (Å²) in [6.45, 7) is 10.7. The lowest BCUT2D eigenvalue weighted by molar-refractivity contribution is -0.141. The third-order valence-electron chi connectivity index (χ3n) is 4.14. The summed E-state index contributed by atoms with van der Waals surface area (Å²) >= 11 is 0. The quantitative estimate of drug-likeness (QED) is 0.823. The number of nitrogens with zero attached hydrogens (tertiary/aromatic N) is 2. The number of carbonyl (C=O) groups excluding carboxylic acids is 2. The van der Waals surface area contributed by atoms with Crippen molar-refractivity contribution < 1.29 is 14.3 Å². The van der Waals surface area contributed by atoms with Gasteiger partial charge in [0.25, 0.3) is 0 Å². The van der Waals surface area contributed by atoms with Crippen molar-refractivity contribution in [1.29, 1.82) is 0 Å². The summed E-state index contributed by atoms with van der Waals surface area (Å²) in [6, 6.07) is 0. The van der Waals surface area contributed by atoms with Gasteiger partial charge in [-0.25, -0.2) is 0 Å². The molecule has 2 rings (SSSR count). The van der Waals surface area contributed by atoms with E-state index in [9.17, 15) is 9.59 Å². The summed E-state index contributed by atoms with van der Waals surface area (Å²) in [5.41, 5.74) is -0.193. The highest BCUT2D eigenvalue weighted by Crippen LogP contribution is 2.20. The van der Waals surface area contributed by atoms with Crippen molar-refractivity contribution >= 4 is 11.8 Å². The second kappa shape index (κ2) is 7.42. The van der Waals surface area contributed by atoms with Crippen LogP contribution in [0, 0.1) is 5.92 Å². The molecule has 0 radical (unpaired) electrons. The first kappa shape index (κ1) is 17.2. The molecule has 2 amide bonds. The van der Waals surface area contributed by atoms with Crippen LogP contribution in [0.3, 0.4) is 0 Å². The molecule has 0 aliphatic carbocycles. The molecule has 2 fully saturated rings. The third-order valence-corrected chi connectivity index (χ3v) is 4.14. The molecule has 6 heteroatoms. The Hall–Kier alpha value is -1.14. The molecule has 0 spiro atoms. The largest absolute Gasteiger partial charge is 0.378 e. The Kier molecular flexibility index (Phi) is 5.81. The first-order valence-corrected chi connectivity index (χ1v) is 8.25. The number of amides is 2. The van der Waals surface area contributed by atoms with Crippen LogP contribution in [0.4, 0.5) is 0 Å². The average Bonchev–Trinajstić information content (AvgIpc) is 2.46. The standard InChI is InChI=1S/C16H29N3O3/c1-16(2,3)17-14(20)12-18-6-4-13(5-7-18)15(21)19-8-10-22-11-9-19/h13H,4-12H2,1-3H3,(H,17,20). The fraction of sp³-hybridized carbons (Fsp3) is 0.875. The van der Waals surface area contributed by atoms with E-state index >= 15 is 0 Å². The van der Waals surface area contributed by atoms with E-state index < -0.39 is 0 Å². The monoisotopic (exact) mass is 311 g/mol. The lowest BCUT2D eigenvalue weighted by Gasteiger charge is -2.35. The molecule has 0 bridgehead atoms. The summed E-state index contributed by atoms with van der Waals surface area (Å²) < 4.78 is 5.29. The molecular formula is C16H29N3O3. The minimum atomic E-state index is -0.193. The van der Waals surface area contributed by atoms with Crippen molar-refractivity contribution in [3.05, 3.63) is 0 Å². The summed E-state index contributed by atoms with van der Waals surface area (Å²) in [5, 5.41) is 2.98. The van der Waals surface area contributed by atoms with Gasteiger partial charge in [0, 0.05) is 24.5 Å². The van der Waals surface area contributed by atoms with Gasteiger partial charge >= 0.3 is 0 Å². The zero-order chi connectivity index (χ0) is 16.2. The number of hydrogen-bond acceptors (Lipinski definition) is 4. The number of hydrogen-bond donors (Lipinski definition) is 1. The number of carbonyl (C=O) groups is 2. The Morgan fingerprint density at radius 2 is 1.68 bits per heavy atom. The van der Waals surface area contributed by atoms with E-state index in [0.717, 1.165) is 25.9 Å². The summed E-state index contributed by atoms with van der Waals surface area (Å²) in [4.78, 5) is 28.5. The number of rotatable bonds is 3. The van der Waals surface area contributed by atoms with Gasteiger partial charge in [0.15, 0.2) is 0 Å². The molecule has 2 aliphatic heterocycles. The minimum Gasteiger partial charge on any atom is -0.378 e. The van der Waals surface area contributed by atoms with Crippen LogP contribution in [-0.4, -0.2) is 73.1 Å². The lowest BCUT2D eigenvalue weighted by atomic mass is 9.95. The van der Waals surface area contributed by atoms with E-state index in [1.165, 1.54) is 0 Å². The van der Waals surface area contributed by atoms with Crippen molar-refractivity contribution in [2.75, 3.05) is 45.9 Å². The maximum Gasteiger partial charge on any atom is 0.234 e. The Labute approximate surface area is 133 Å². The van der Waals surface area contributed by atoms with Gasteiger partial charge in [0.1, 0.15) is 0 Å². The van der Waals surface area contributed by atoms with Gasteiger partial charge < -0.3 is 15.0 Å². The van der Waals surface area contributed by atoms with E-state index in [0.29, 0.717) is 32.8 Å². The highest BCUT2D eigenvalue weighted by atomic mass is 16.5. The molecule has 0 aromatic heterocycles. The summed E-state index contributed by atoms with van der Waals surface area (Å²) in [5.74, 6) is 0.438. The normalized spacial score (nSPS) is 21.7. The first-order valence-electron chi connectivity index (χ1n) is 8.25. The minimum absolute atomic E-state index is 0.0606. The van der Waals surface area contributed by atoms with Gasteiger partial charge in [-0.1, -0.05) is 0 Å². The van der Waals surface area contributed by atoms with Crippen molar-refractivity contribution in [3.8, 4) is 0 Å². The van der Waals surface area contributed by atoms with Crippen LogP contribution in [0.2, 0.25) is 0 Å². The Balaban J connectivity index is 1.73. The van der Waals surface area contributed by atoms with Gasteiger partial charge in [-0.05, 0) is 46.7 Å². The van der Waals surface area contributed by atoms with Crippen LogP contribution in [0.25, 0.3) is 0 Å². The molecule has 0 aromatic carbocycles. The molecule has 2 heterocycles. The van der Waals surface area contributed by atoms with Crippen LogP contribution in [0.5, 0.6) is 0 Å². The second-order valence-corrected chi connectivity index (χ2v) is 7.29. The number of piperidine rings is 1. The first-order chi connectivity index (χ1) is 10.3. The molecule has 0 atom stereocenters. The molecule has 2 aliphatic rings. The van der Waals surface area contributed by atoms with E-state index in [4.69, 9.17) is 4.74 Å². The Morgan fingerprint density at radius 3 is 2.23 bits per heavy atom. The van der Waals surface area contributed by atoms with Gasteiger partial charge in [0.2, 0.25) is 11.8 Å². The number of nitrogens with one attached hydrogen (secondary N) is 1. The average molecular weight is 311 g/mol. The number of morpholine rings is 1. The summed E-state index contributed by atoms with van der Waals surface area (Å²) in [7, 11) is 0. The zero-order valence-electron chi connectivity index (χ0n) is 14.1. The predicted molar refractivity (Wildman–Crippen MR) is 84.5 cm³/mol. The lowest BCUT2D eigenvalue weighted by Crippen LogP contribution is -2.49. The van der Waals surface area contributed by atoms with Crippen LogP contribution >= 0.6 is 0 Å². The number of ether oxygens (including phenoxy) is 1. The molecule has 1 N–H and O–H groups in total. The van der Waals surface area contributed by atoms with E-state index in [2.05, 4.69) is 10.2 Å². The van der Waals surface area contributed by atoms with Gasteiger partial charge in [-0.3, -0.25) is 14.5 Å². The maximum atomic E-state index is 12.4. The zero-order valence-corrected chi connectivity index (χ0v) is 14.1. The van der Waals surface area contributed by atoms with Crippen LogP contribution < -0.4 is 5.32 Å². The van der Waals surface area contributed by atoms with E-state index in [1.54, 1.807) is 0 Å². The molecule has 6 nitrogen and oxygen atoms in total. The highest BCUT2D eigenvalue weighted by molar-refractivity contribution is 5.80. The fourth-order valence-corrected chi connectivity index (χ4v) is 3.04. The van der Waals surface area contributed by atoms with E-state index in [-0.39, 0.29) is 23.3 Å². The van der Waals surface area contributed by atoms with Crippen molar-refractivity contribution in [3.63, 3.8) is 0 Å². The molecule has 126 valence electrons. The predicted octanol–water partition coefficient (Wildman–Crippen LogP) is 0.472. The van der Waals surface area contributed by atoms with Gasteiger partial charge in [0.05, 0.1) is 19.8 Å². The van der Waals surface area contributed by atoms with Crippen molar-refractivity contribution in [2.24, 2.45) is 5.92 Å². The van der Waals surface area contributed by atoms with E-state index in [1.807, 2.05) is 25.7 Å². The Morgan fingerprint density at radius 1 is 1.09 bits per heavy atom. The molecule has 0 saturated carbocycles. The maximum absolute atomic E-state index is 12.4. The molecule has 0 aromatic rings. The van der Waals surface area contributed by atoms with Crippen LogP contribution in [-0.2, 0) is 14.3 Å². The second-order valence-electron chi connectivity index (χ2n) is 7.29. The Bertz CT molecular complexity index is 392.